The van der Waals surface area contributed by atoms with Gasteiger partial charge in [0, 0.05) is 12.4 Å². The van der Waals surface area contributed by atoms with Crippen LogP contribution in [0.15, 0.2) is 24.7 Å². The first-order valence-corrected chi connectivity index (χ1v) is 4.76. The number of pyridine rings is 1. The van der Waals surface area contributed by atoms with Crippen molar-refractivity contribution in [3.63, 3.8) is 0 Å². The summed E-state index contributed by atoms with van der Waals surface area (Å²) in [5, 5.41) is 5.77. The maximum atomic E-state index is 12.7. The second kappa shape index (κ2) is 4.13. The van der Waals surface area contributed by atoms with Gasteiger partial charge >= 0.3 is 6.18 Å². The Morgan fingerprint density at radius 3 is 2.56 bits per heavy atom. The number of nitrogens with one attached hydrogen (secondary N) is 1. The second-order valence-corrected chi connectivity index (χ2v) is 3.45. The zero-order valence-electron chi connectivity index (χ0n) is 8.82. The Morgan fingerprint density at radius 2 is 2.00 bits per heavy atom. The number of carbonyl (C=O) groups excluding carboxylic acids is 1. The molecule has 0 amide bonds. The summed E-state index contributed by atoms with van der Waals surface area (Å²) in [6.07, 6.45) is -1.73. The molecule has 0 fully saturated rings. The molecule has 18 heavy (non-hydrogen) atoms. The van der Waals surface area contributed by atoms with Crippen LogP contribution >= 0.6 is 0 Å². The molecule has 3 N–H and O–H groups in total. The van der Waals surface area contributed by atoms with E-state index in [1.54, 1.807) is 0 Å². The number of anilines is 1. The van der Waals surface area contributed by atoms with Gasteiger partial charge < -0.3 is 5.73 Å². The van der Waals surface area contributed by atoms with Crippen LogP contribution in [-0.2, 0) is 6.18 Å². The van der Waals surface area contributed by atoms with Crippen LogP contribution < -0.4 is 5.73 Å². The molecule has 0 aliphatic carbocycles. The molecule has 0 atom stereocenters. The van der Waals surface area contributed by atoms with Crippen LogP contribution in [0.4, 0.5) is 19.0 Å². The van der Waals surface area contributed by atoms with Crippen molar-refractivity contribution in [3.8, 4) is 0 Å². The first kappa shape index (κ1) is 12.1. The van der Waals surface area contributed by atoms with E-state index in [0.717, 1.165) is 24.7 Å². The van der Waals surface area contributed by atoms with Crippen molar-refractivity contribution in [1.82, 2.24) is 15.2 Å². The number of aromatic amines is 1. The molecule has 2 aromatic rings. The highest BCUT2D eigenvalue weighted by Crippen LogP contribution is 2.32. The van der Waals surface area contributed by atoms with Crippen molar-refractivity contribution >= 4 is 11.6 Å². The molecular weight excluding hydrogens is 249 g/mol. The lowest BCUT2D eigenvalue weighted by atomic mass is 10.0. The molecule has 94 valence electrons. The molecule has 0 bridgehead atoms. The number of nitrogens with zero attached hydrogens (tertiary/aromatic N) is 2. The van der Waals surface area contributed by atoms with E-state index in [0.29, 0.717) is 0 Å². The minimum atomic E-state index is -4.63. The van der Waals surface area contributed by atoms with Gasteiger partial charge in [-0.25, -0.2) is 0 Å². The second-order valence-electron chi connectivity index (χ2n) is 3.45. The van der Waals surface area contributed by atoms with Crippen molar-refractivity contribution < 1.29 is 18.0 Å². The van der Waals surface area contributed by atoms with Gasteiger partial charge in [-0.05, 0) is 6.07 Å². The largest absolute Gasteiger partial charge is 0.417 e. The molecule has 5 nitrogen and oxygen atoms in total. The SMILES string of the molecule is Nc1[nH]ncc1C(=O)c1cnccc1C(F)(F)F. The van der Waals surface area contributed by atoms with Crippen LogP contribution in [-0.4, -0.2) is 21.0 Å². The van der Waals surface area contributed by atoms with Crippen molar-refractivity contribution in [2.75, 3.05) is 5.73 Å². The van der Waals surface area contributed by atoms with Crippen LogP contribution in [0.25, 0.3) is 0 Å². The Morgan fingerprint density at radius 1 is 1.28 bits per heavy atom. The lowest BCUT2D eigenvalue weighted by Crippen LogP contribution is -2.14. The van der Waals surface area contributed by atoms with Crippen LogP contribution in [0.3, 0.4) is 0 Å². The smallest absolute Gasteiger partial charge is 0.383 e. The van der Waals surface area contributed by atoms with E-state index in [1.807, 2.05) is 0 Å². The summed E-state index contributed by atoms with van der Waals surface area (Å²) >= 11 is 0. The van der Waals surface area contributed by atoms with Crippen LogP contribution in [0, 0.1) is 0 Å². The van der Waals surface area contributed by atoms with E-state index in [4.69, 9.17) is 5.73 Å². The fraction of sp³-hybridized carbons (Fsp3) is 0.100. The summed E-state index contributed by atoms with van der Waals surface area (Å²) in [4.78, 5) is 15.4. The van der Waals surface area contributed by atoms with E-state index < -0.39 is 23.1 Å². The number of hydrogen-bond acceptors (Lipinski definition) is 4. The van der Waals surface area contributed by atoms with Crippen LogP contribution in [0.2, 0.25) is 0 Å². The number of hydrogen-bond donors (Lipinski definition) is 2. The maximum absolute atomic E-state index is 12.7. The van der Waals surface area contributed by atoms with Crippen molar-refractivity contribution in [3.05, 3.63) is 41.3 Å². The predicted molar refractivity (Wildman–Crippen MR) is 55.7 cm³/mol. The summed E-state index contributed by atoms with van der Waals surface area (Å²) < 4.78 is 38.1. The number of nitrogens with two attached hydrogens (primary N) is 1. The zero-order chi connectivity index (χ0) is 13.3. The fourth-order valence-electron chi connectivity index (χ4n) is 1.44. The number of aromatic nitrogens is 3. The third-order valence-corrected chi connectivity index (χ3v) is 2.28. The minimum Gasteiger partial charge on any atom is -0.383 e. The number of halogens is 3. The third-order valence-electron chi connectivity index (χ3n) is 2.28. The fourth-order valence-corrected chi connectivity index (χ4v) is 1.44. The Hall–Kier alpha value is -2.38. The molecule has 0 spiro atoms. The summed E-state index contributed by atoms with van der Waals surface area (Å²) in [6.45, 7) is 0. The average Bonchev–Trinajstić information content (AvgIpc) is 2.73. The normalized spacial score (nSPS) is 11.5. The number of carbonyl (C=O) groups is 1. The summed E-state index contributed by atoms with van der Waals surface area (Å²) in [6, 6.07) is 0.740. The molecule has 0 aliphatic rings. The number of nitrogen functional groups attached to an aromatic ring is 1. The Labute approximate surface area is 98.8 Å². The molecule has 2 rings (SSSR count). The molecular formula is C10H7F3N4O. The average molecular weight is 256 g/mol. The molecule has 2 aromatic heterocycles. The van der Waals surface area contributed by atoms with Gasteiger partial charge in [0.25, 0.3) is 0 Å². The molecule has 0 aliphatic heterocycles. The molecule has 0 radical (unpaired) electrons. The van der Waals surface area contributed by atoms with Crippen LogP contribution in [0.5, 0.6) is 0 Å². The van der Waals surface area contributed by atoms with E-state index in [9.17, 15) is 18.0 Å². The predicted octanol–water partition coefficient (Wildman–Crippen LogP) is 1.64. The standard InChI is InChI=1S/C10H7F3N4O/c11-10(12,13)7-1-2-15-3-5(7)8(18)6-4-16-17-9(6)14/h1-4H,(H3,14,16,17). The van der Waals surface area contributed by atoms with E-state index in [2.05, 4.69) is 15.2 Å². The molecule has 0 saturated carbocycles. The quantitative estimate of drug-likeness (QED) is 0.800. The van der Waals surface area contributed by atoms with Gasteiger partial charge in [0.2, 0.25) is 5.78 Å². The topological polar surface area (TPSA) is 84.7 Å². The summed E-state index contributed by atoms with van der Waals surface area (Å²) in [5.41, 5.74) is 3.67. The first-order valence-electron chi connectivity index (χ1n) is 4.76. The Balaban J connectivity index is 2.53. The lowest BCUT2D eigenvalue weighted by Gasteiger charge is -2.10. The van der Waals surface area contributed by atoms with Crippen molar-refractivity contribution in [2.45, 2.75) is 6.18 Å². The van der Waals surface area contributed by atoms with Gasteiger partial charge in [-0.3, -0.25) is 14.9 Å². The molecule has 0 saturated heterocycles. The van der Waals surface area contributed by atoms with Gasteiger partial charge in [0.15, 0.2) is 0 Å². The highest BCUT2D eigenvalue weighted by atomic mass is 19.4. The van der Waals surface area contributed by atoms with E-state index >= 15 is 0 Å². The first-order chi connectivity index (χ1) is 8.41. The minimum absolute atomic E-state index is 0.0861. The molecule has 2 heterocycles. The Kier molecular flexibility index (Phi) is 2.77. The lowest BCUT2D eigenvalue weighted by molar-refractivity contribution is -0.137. The van der Waals surface area contributed by atoms with E-state index in [1.165, 1.54) is 0 Å². The van der Waals surface area contributed by atoms with Gasteiger partial charge in [-0.2, -0.15) is 18.3 Å². The van der Waals surface area contributed by atoms with Crippen molar-refractivity contribution in [2.24, 2.45) is 0 Å². The van der Waals surface area contributed by atoms with Crippen LogP contribution in [0.1, 0.15) is 21.5 Å². The third kappa shape index (κ3) is 2.04. The maximum Gasteiger partial charge on any atom is 0.417 e. The van der Waals surface area contributed by atoms with E-state index in [-0.39, 0.29) is 11.4 Å². The molecule has 0 unspecified atom stereocenters. The number of ketones is 1. The monoisotopic (exact) mass is 256 g/mol. The highest BCUT2D eigenvalue weighted by Gasteiger charge is 2.35. The van der Waals surface area contributed by atoms with Gasteiger partial charge in [0.05, 0.1) is 22.9 Å². The molecule has 0 aromatic carbocycles. The summed E-state index contributed by atoms with van der Waals surface area (Å²) in [7, 11) is 0. The zero-order valence-corrected chi connectivity index (χ0v) is 8.82. The number of alkyl halides is 3. The van der Waals surface area contributed by atoms with Crippen molar-refractivity contribution in [1.29, 1.82) is 0 Å². The van der Waals surface area contributed by atoms with Gasteiger partial charge in [-0.1, -0.05) is 0 Å². The van der Waals surface area contributed by atoms with Gasteiger partial charge in [0.1, 0.15) is 5.82 Å². The number of rotatable bonds is 2. The van der Waals surface area contributed by atoms with Gasteiger partial charge in [-0.15, -0.1) is 0 Å². The number of H-pyrrole nitrogens is 1. The Bertz CT molecular complexity index is 591. The summed E-state index contributed by atoms with van der Waals surface area (Å²) in [5.74, 6) is -0.960. The highest BCUT2D eigenvalue weighted by molar-refractivity contribution is 6.12. The molecule has 8 heteroatoms.